The Morgan fingerprint density at radius 2 is 1.95 bits per heavy atom. The van der Waals surface area contributed by atoms with Crippen molar-refractivity contribution in [3.05, 3.63) is 35.9 Å². The van der Waals surface area contributed by atoms with Gasteiger partial charge in [0.2, 0.25) is 0 Å². The molecule has 0 radical (unpaired) electrons. The van der Waals surface area contributed by atoms with Crippen molar-refractivity contribution in [1.29, 1.82) is 0 Å². The van der Waals surface area contributed by atoms with Crippen molar-refractivity contribution in [2.75, 3.05) is 19.6 Å². The van der Waals surface area contributed by atoms with Crippen molar-refractivity contribution in [1.82, 2.24) is 4.90 Å². The van der Waals surface area contributed by atoms with Gasteiger partial charge < -0.3 is 15.7 Å². The Hall–Kier alpha value is -0.900. The van der Waals surface area contributed by atoms with Gasteiger partial charge in [0.25, 0.3) is 0 Å². The van der Waals surface area contributed by atoms with Gasteiger partial charge in [0, 0.05) is 19.1 Å². The summed E-state index contributed by atoms with van der Waals surface area (Å²) in [6.45, 7) is 4.60. The van der Waals surface area contributed by atoms with Crippen molar-refractivity contribution in [3.63, 3.8) is 0 Å². The molecule has 3 heteroatoms. The van der Waals surface area contributed by atoms with E-state index in [9.17, 15) is 5.11 Å². The van der Waals surface area contributed by atoms with E-state index < -0.39 is 5.60 Å². The molecular formula is C17H28N2O. The third-order valence-corrected chi connectivity index (χ3v) is 4.32. The van der Waals surface area contributed by atoms with Crippen LogP contribution in [0.3, 0.4) is 0 Å². The third kappa shape index (κ3) is 4.05. The van der Waals surface area contributed by atoms with Gasteiger partial charge in [-0.05, 0) is 37.8 Å². The molecule has 0 aromatic heterocycles. The minimum absolute atomic E-state index is 0.281. The van der Waals surface area contributed by atoms with Gasteiger partial charge in [-0.3, -0.25) is 0 Å². The van der Waals surface area contributed by atoms with Crippen LogP contribution >= 0.6 is 0 Å². The molecule has 3 nitrogen and oxygen atoms in total. The van der Waals surface area contributed by atoms with E-state index >= 15 is 0 Å². The minimum Gasteiger partial charge on any atom is -0.384 e. The zero-order chi connectivity index (χ0) is 14.4. The van der Waals surface area contributed by atoms with E-state index in [1.54, 1.807) is 0 Å². The number of benzene rings is 1. The molecule has 112 valence electrons. The fourth-order valence-corrected chi connectivity index (χ4v) is 2.72. The zero-order valence-electron chi connectivity index (χ0n) is 12.6. The average molecular weight is 276 g/mol. The van der Waals surface area contributed by atoms with Crippen molar-refractivity contribution in [2.24, 2.45) is 5.73 Å². The summed E-state index contributed by atoms with van der Waals surface area (Å²) in [7, 11) is 0. The predicted octanol–water partition coefficient (Wildman–Crippen LogP) is 2.49. The topological polar surface area (TPSA) is 49.5 Å². The van der Waals surface area contributed by atoms with Crippen LogP contribution in [-0.4, -0.2) is 35.7 Å². The van der Waals surface area contributed by atoms with Crippen LogP contribution in [-0.2, 0) is 5.60 Å². The molecule has 1 aromatic carbocycles. The Kier molecular flexibility index (Phi) is 5.58. The van der Waals surface area contributed by atoms with E-state index in [0.29, 0.717) is 6.42 Å². The van der Waals surface area contributed by atoms with Gasteiger partial charge in [-0.15, -0.1) is 0 Å². The maximum atomic E-state index is 10.8. The highest BCUT2D eigenvalue weighted by molar-refractivity contribution is 5.22. The summed E-state index contributed by atoms with van der Waals surface area (Å²) in [6, 6.07) is 10.6. The van der Waals surface area contributed by atoms with Gasteiger partial charge >= 0.3 is 0 Å². The van der Waals surface area contributed by atoms with Crippen LogP contribution in [0.15, 0.2) is 30.3 Å². The quantitative estimate of drug-likeness (QED) is 0.728. The molecule has 1 aliphatic carbocycles. The van der Waals surface area contributed by atoms with Gasteiger partial charge in [-0.1, -0.05) is 43.7 Å². The second-order valence-corrected chi connectivity index (χ2v) is 5.97. The van der Waals surface area contributed by atoms with Gasteiger partial charge in [-0.25, -0.2) is 0 Å². The van der Waals surface area contributed by atoms with Gasteiger partial charge in [0.05, 0.1) is 0 Å². The number of nitrogens with two attached hydrogens (primary N) is 1. The molecule has 0 bridgehead atoms. The number of hydrogen-bond donors (Lipinski definition) is 2. The average Bonchev–Trinajstić information content (AvgIpc) is 3.32. The van der Waals surface area contributed by atoms with E-state index in [4.69, 9.17) is 5.73 Å². The molecule has 1 aliphatic rings. The van der Waals surface area contributed by atoms with Crippen LogP contribution in [0.2, 0.25) is 0 Å². The van der Waals surface area contributed by atoms with Crippen molar-refractivity contribution in [3.8, 4) is 0 Å². The summed E-state index contributed by atoms with van der Waals surface area (Å²) in [4.78, 5) is 2.53. The van der Waals surface area contributed by atoms with Gasteiger partial charge in [0.1, 0.15) is 5.60 Å². The Bertz CT molecular complexity index is 391. The molecule has 1 saturated carbocycles. The highest BCUT2D eigenvalue weighted by Crippen LogP contribution is 2.30. The van der Waals surface area contributed by atoms with Gasteiger partial charge in [-0.2, -0.15) is 0 Å². The van der Waals surface area contributed by atoms with E-state index in [0.717, 1.165) is 24.7 Å². The predicted molar refractivity (Wildman–Crippen MR) is 83.5 cm³/mol. The first-order valence-electron chi connectivity index (χ1n) is 7.91. The lowest BCUT2D eigenvalue weighted by atomic mass is 9.90. The van der Waals surface area contributed by atoms with Gasteiger partial charge in [0.15, 0.2) is 0 Å². The molecule has 0 heterocycles. The summed E-state index contributed by atoms with van der Waals surface area (Å²) < 4.78 is 0. The molecule has 2 rings (SSSR count). The van der Waals surface area contributed by atoms with Crippen molar-refractivity contribution >= 4 is 0 Å². The maximum Gasteiger partial charge on any atom is 0.103 e. The normalized spacial score (nSPS) is 18.2. The molecule has 1 atom stereocenters. The first-order chi connectivity index (χ1) is 9.69. The van der Waals surface area contributed by atoms with Crippen LogP contribution in [0.5, 0.6) is 0 Å². The number of rotatable bonds is 9. The lowest BCUT2D eigenvalue weighted by molar-refractivity contribution is 0.0247. The third-order valence-electron chi connectivity index (χ3n) is 4.32. The van der Waals surface area contributed by atoms with Crippen LogP contribution < -0.4 is 5.73 Å². The molecule has 0 amide bonds. The zero-order valence-corrected chi connectivity index (χ0v) is 12.6. The van der Waals surface area contributed by atoms with Crippen LogP contribution in [0.4, 0.5) is 0 Å². The number of nitrogens with zero attached hydrogens (tertiary/aromatic N) is 1. The van der Waals surface area contributed by atoms with E-state index in [2.05, 4.69) is 11.8 Å². The molecule has 0 saturated heterocycles. The lowest BCUT2D eigenvalue weighted by Crippen LogP contribution is -2.40. The monoisotopic (exact) mass is 276 g/mol. The highest BCUT2D eigenvalue weighted by Gasteiger charge is 2.32. The molecule has 0 aliphatic heterocycles. The van der Waals surface area contributed by atoms with E-state index in [1.165, 1.54) is 25.7 Å². The second-order valence-electron chi connectivity index (χ2n) is 5.97. The first kappa shape index (κ1) is 15.5. The fourth-order valence-electron chi connectivity index (χ4n) is 2.72. The van der Waals surface area contributed by atoms with Crippen LogP contribution in [0.1, 0.15) is 44.6 Å². The smallest absolute Gasteiger partial charge is 0.103 e. The molecular weight excluding hydrogens is 248 g/mol. The standard InChI is InChI=1S/C17H28N2O/c1-2-3-12-19(16-9-10-16)13-11-17(20,14-18)15-7-5-4-6-8-15/h4-8,16,20H,2-3,9-14,18H2,1H3. The summed E-state index contributed by atoms with van der Waals surface area (Å²) in [6.07, 6.45) is 5.81. The molecule has 1 aromatic rings. The first-order valence-corrected chi connectivity index (χ1v) is 7.91. The summed E-state index contributed by atoms with van der Waals surface area (Å²) in [5, 5.41) is 10.8. The molecule has 1 fully saturated rings. The number of unbranched alkanes of at least 4 members (excludes halogenated alkanes) is 1. The van der Waals surface area contributed by atoms with Crippen molar-refractivity contribution < 1.29 is 5.11 Å². The largest absolute Gasteiger partial charge is 0.384 e. The van der Waals surface area contributed by atoms with Crippen molar-refractivity contribution in [2.45, 2.75) is 50.7 Å². The second kappa shape index (κ2) is 7.21. The number of aliphatic hydroxyl groups is 1. The SMILES string of the molecule is CCCCN(CCC(O)(CN)c1ccccc1)C1CC1. The molecule has 20 heavy (non-hydrogen) atoms. The van der Waals surface area contributed by atoms with Crippen LogP contribution in [0.25, 0.3) is 0 Å². The maximum absolute atomic E-state index is 10.8. The summed E-state index contributed by atoms with van der Waals surface area (Å²) >= 11 is 0. The highest BCUT2D eigenvalue weighted by atomic mass is 16.3. The Labute approximate surface area is 122 Å². The Morgan fingerprint density at radius 3 is 2.50 bits per heavy atom. The summed E-state index contributed by atoms with van der Waals surface area (Å²) in [5.74, 6) is 0. The molecule has 1 unspecified atom stereocenters. The molecule has 3 N–H and O–H groups in total. The lowest BCUT2D eigenvalue weighted by Gasteiger charge is -2.31. The summed E-state index contributed by atoms with van der Waals surface area (Å²) in [5.41, 5.74) is 5.90. The van der Waals surface area contributed by atoms with Crippen LogP contribution in [0, 0.1) is 0 Å². The fraction of sp³-hybridized carbons (Fsp3) is 0.647. The number of hydrogen-bond acceptors (Lipinski definition) is 3. The minimum atomic E-state index is -0.888. The Morgan fingerprint density at radius 1 is 1.25 bits per heavy atom. The van der Waals surface area contributed by atoms with E-state index in [1.807, 2.05) is 30.3 Å². The van der Waals surface area contributed by atoms with E-state index in [-0.39, 0.29) is 6.54 Å². The molecule has 0 spiro atoms. The Balaban J connectivity index is 1.95.